The van der Waals surface area contributed by atoms with Gasteiger partial charge in [-0.05, 0) is 43.4 Å². The number of aromatic nitrogens is 4. The first-order valence-corrected chi connectivity index (χ1v) is 11.3. The molecule has 0 atom stereocenters. The maximum Gasteiger partial charge on any atom is 0.330 e. The van der Waals surface area contributed by atoms with Crippen molar-refractivity contribution in [2.45, 2.75) is 73.4 Å². The van der Waals surface area contributed by atoms with Gasteiger partial charge in [0.2, 0.25) is 5.91 Å². The fourth-order valence-corrected chi connectivity index (χ4v) is 3.80. The number of nitrogens with zero attached hydrogens (tertiary/aromatic N) is 3. The van der Waals surface area contributed by atoms with E-state index in [0.717, 1.165) is 29.7 Å². The maximum atomic E-state index is 12.7. The Morgan fingerprint density at radius 3 is 2.62 bits per heavy atom. The molecule has 0 saturated heterocycles. The van der Waals surface area contributed by atoms with Crippen molar-refractivity contribution in [1.82, 2.24) is 19.1 Å². The Balaban J connectivity index is 1.93. The summed E-state index contributed by atoms with van der Waals surface area (Å²) in [6.45, 7) is 11.2. The SMILES string of the molecule is CCCCn1c(=O)[nH]c(=O)c2c1nc(CCC(=O)Nc1cc(C)ccc1C)n2CC(C)C. The number of anilines is 1. The predicted octanol–water partition coefficient (Wildman–Crippen LogP) is 3.53. The molecular formula is C24H33N5O3. The van der Waals surface area contributed by atoms with Gasteiger partial charge in [0.15, 0.2) is 11.2 Å². The molecule has 0 aliphatic heterocycles. The Morgan fingerprint density at radius 2 is 1.94 bits per heavy atom. The number of carbonyl (C=O) groups is 1. The number of carbonyl (C=O) groups excluding carboxylic acids is 1. The Kier molecular flexibility index (Phi) is 7.33. The van der Waals surface area contributed by atoms with E-state index in [1.807, 2.05) is 43.5 Å². The third-order valence-electron chi connectivity index (χ3n) is 5.49. The molecule has 32 heavy (non-hydrogen) atoms. The number of unbranched alkanes of at least 4 members (excludes halogenated alkanes) is 1. The van der Waals surface area contributed by atoms with E-state index in [0.29, 0.717) is 36.5 Å². The summed E-state index contributed by atoms with van der Waals surface area (Å²) >= 11 is 0. The lowest BCUT2D eigenvalue weighted by Gasteiger charge is -2.12. The Bertz CT molecular complexity index is 1230. The summed E-state index contributed by atoms with van der Waals surface area (Å²) < 4.78 is 3.41. The zero-order chi connectivity index (χ0) is 23.4. The van der Waals surface area contributed by atoms with Crippen LogP contribution in [0.15, 0.2) is 27.8 Å². The normalized spacial score (nSPS) is 11.4. The molecule has 0 spiro atoms. The lowest BCUT2D eigenvalue weighted by molar-refractivity contribution is -0.116. The molecule has 2 N–H and O–H groups in total. The zero-order valence-corrected chi connectivity index (χ0v) is 19.6. The second kappa shape index (κ2) is 9.97. The minimum absolute atomic E-state index is 0.112. The standard InChI is InChI=1S/C24H33N5O3/c1-6-7-12-28-22-21(23(31)27-24(28)32)29(14-15(2)3)19(26-22)10-11-20(30)25-18-13-16(4)8-9-17(18)5/h8-9,13,15H,6-7,10-12,14H2,1-5H3,(H,25,30)(H,27,31,32). The molecule has 0 fully saturated rings. The van der Waals surface area contributed by atoms with E-state index in [9.17, 15) is 14.4 Å². The highest BCUT2D eigenvalue weighted by atomic mass is 16.2. The summed E-state index contributed by atoms with van der Waals surface area (Å²) in [6.07, 6.45) is 2.34. The molecule has 2 heterocycles. The number of benzene rings is 1. The van der Waals surface area contributed by atoms with Gasteiger partial charge >= 0.3 is 5.69 Å². The number of aromatic amines is 1. The molecular weight excluding hydrogens is 406 g/mol. The van der Waals surface area contributed by atoms with Gasteiger partial charge in [0, 0.05) is 31.6 Å². The van der Waals surface area contributed by atoms with Crippen LogP contribution in [-0.4, -0.2) is 25.0 Å². The Labute approximate surface area is 187 Å². The summed E-state index contributed by atoms with van der Waals surface area (Å²) in [5.74, 6) is 0.802. The summed E-state index contributed by atoms with van der Waals surface area (Å²) in [4.78, 5) is 44.9. The molecule has 3 aromatic rings. The lowest BCUT2D eigenvalue weighted by Crippen LogP contribution is -2.31. The summed E-state index contributed by atoms with van der Waals surface area (Å²) in [5, 5.41) is 2.98. The minimum Gasteiger partial charge on any atom is -0.326 e. The predicted molar refractivity (Wildman–Crippen MR) is 127 cm³/mol. The van der Waals surface area contributed by atoms with Gasteiger partial charge in [-0.2, -0.15) is 0 Å². The molecule has 3 rings (SSSR count). The van der Waals surface area contributed by atoms with Crippen LogP contribution in [0.3, 0.4) is 0 Å². The van der Waals surface area contributed by atoms with Crippen molar-refractivity contribution in [2.24, 2.45) is 5.92 Å². The van der Waals surface area contributed by atoms with Crippen LogP contribution in [-0.2, 0) is 24.3 Å². The highest BCUT2D eigenvalue weighted by Crippen LogP contribution is 2.18. The average Bonchev–Trinajstić information content (AvgIpc) is 3.07. The number of H-pyrrole nitrogens is 1. The van der Waals surface area contributed by atoms with Crippen molar-refractivity contribution in [2.75, 3.05) is 5.32 Å². The van der Waals surface area contributed by atoms with Gasteiger partial charge in [-0.1, -0.05) is 39.3 Å². The van der Waals surface area contributed by atoms with Crippen LogP contribution >= 0.6 is 0 Å². The first-order valence-electron chi connectivity index (χ1n) is 11.3. The van der Waals surface area contributed by atoms with E-state index in [1.165, 1.54) is 4.57 Å². The number of amides is 1. The van der Waals surface area contributed by atoms with Crippen molar-refractivity contribution in [1.29, 1.82) is 0 Å². The molecule has 2 aromatic heterocycles. The minimum atomic E-state index is -0.440. The molecule has 172 valence electrons. The van der Waals surface area contributed by atoms with Crippen LogP contribution in [0.5, 0.6) is 0 Å². The Morgan fingerprint density at radius 1 is 1.19 bits per heavy atom. The third-order valence-corrected chi connectivity index (χ3v) is 5.49. The van der Waals surface area contributed by atoms with E-state index in [4.69, 9.17) is 0 Å². The molecule has 0 radical (unpaired) electrons. The van der Waals surface area contributed by atoms with E-state index in [1.54, 1.807) is 0 Å². The summed E-state index contributed by atoms with van der Waals surface area (Å²) in [6, 6.07) is 5.94. The average molecular weight is 440 g/mol. The van der Waals surface area contributed by atoms with Gasteiger partial charge in [-0.3, -0.25) is 19.1 Å². The first-order chi connectivity index (χ1) is 15.2. The van der Waals surface area contributed by atoms with Crippen molar-refractivity contribution in [3.8, 4) is 0 Å². The van der Waals surface area contributed by atoms with Crippen molar-refractivity contribution in [3.63, 3.8) is 0 Å². The quantitative estimate of drug-likeness (QED) is 0.532. The first kappa shape index (κ1) is 23.5. The number of imidazole rings is 1. The number of fused-ring (bicyclic) bond motifs is 1. The molecule has 0 bridgehead atoms. The van der Waals surface area contributed by atoms with E-state index < -0.39 is 11.2 Å². The number of hydrogen-bond donors (Lipinski definition) is 2. The topological polar surface area (TPSA) is 102 Å². The number of nitrogens with one attached hydrogen (secondary N) is 2. The monoisotopic (exact) mass is 439 g/mol. The van der Waals surface area contributed by atoms with Gasteiger partial charge in [0.05, 0.1) is 0 Å². The molecule has 0 unspecified atom stereocenters. The number of hydrogen-bond acceptors (Lipinski definition) is 4. The summed E-state index contributed by atoms with van der Waals surface area (Å²) in [5.41, 5.74) is 2.81. The lowest BCUT2D eigenvalue weighted by atomic mass is 10.1. The van der Waals surface area contributed by atoms with Crippen LogP contribution in [0, 0.1) is 19.8 Å². The molecule has 8 heteroatoms. The van der Waals surface area contributed by atoms with Crippen LogP contribution in [0.1, 0.15) is 57.0 Å². The molecule has 0 aliphatic rings. The smallest absolute Gasteiger partial charge is 0.326 e. The van der Waals surface area contributed by atoms with Gasteiger partial charge in [-0.25, -0.2) is 9.78 Å². The molecule has 1 amide bonds. The van der Waals surface area contributed by atoms with Gasteiger partial charge in [0.25, 0.3) is 5.56 Å². The zero-order valence-electron chi connectivity index (χ0n) is 19.6. The molecule has 0 aliphatic carbocycles. The molecule has 8 nitrogen and oxygen atoms in total. The van der Waals surface area contributed by atoms with Gasteiger partial charge in [-0.15, -0.1) is 0 Å². The van der Waals surface area contributed by atoms with Crippen LogP contribution < -0.4 is 16.6 Å². The highest BCUT2D eigenvalue weighted by molar-refractivity contribution is 5.91. The fourth-order valence-electron chi connectivity index (χ4n) is 3.80. The van der Waals surface area contributed by atoms with Crippen molar-refractivity contribution < 1.29 is 4.79 Å². The van der Waals surface area contributed by atoms with Gasteiger partial charge < -0.3 is 9.88 Å². The van der Waals surface area contributed by atoms with Crippen LogP contribution in [0.4, 0.5) is 5.69 Å². The van der Waals surface area contributed by atoms with Crippen LogP contribution in [0.2, 0.25) is 0 Å². The molecule has 0 saturated carbocycles. The maximum absolute atomic E-state index is 12.7. The van der Waals surface area contributed by atoms with E-state index in [-0.39, 0.29) is 18.2 Å². The van der Waals surface area contributed by atoms with Crippen LogP contribution in [0.25, 0.3) is 11.2 Å². The largest absolute Gasteiger partial charge is 0.330 e. The Hall–Kier alpha value is -3.16. The van der Waals surface area contributed by atoms with E-state index in [2.05, 4.69) is 29.1 Å². The number of aryl methyl sites for hydroxylation is 4. The summed E-state index contributed by atoms with van der Waals surface area (Å²) in [7, 11) is 0. The second-order valence-electron chi connectivity index (χ2n) is 8.84. The second-order valence-corrected chi connectivity index (χ2v) is 8.84. The van der Waals surface area contributed by atoms with Gasteiger partial charge in [0.1, 0.15) is 5.82 Å². The fraction of sp³-hybridized carbons (Fsp3) is 0.500. The number of rotatable bonds is 9. The van der Waals surface area contributed by atoms with E-state index >= 15 is 0 Å². The third kappa shape index (κ3) is 5.18. The molecule has 1 aromatic carbocycles. The van der Waals surface area contributed by atoms with Crippen molar-refractivity contribution in [3.05, 3.63) is 56.0 Å². The van der Waals surface area contributed by atoms with Crippen molar-refractivity contribution >= 4 is 22.8 Å². The highest BCUT2D eigenvalue weighted by Gasteiger charge is 2.20.